The normalized spacial score (nSPS) is 12.9. The standard InChI is InChI=1S/C22H18N2O10S4/c23-19-12-17(7-9-21(19)35(25,26)16-6-5-14-3-1-2-4-15(14)11-16)36(27,28)24-20-13-18(37(29,30)31)8-10-22(20)38(32,33)34/h1-13,24H,23H2,(H,29,30,31)(H,32,33,34). The zero-order chi connectivity index (χ0) is 28.1. The van der Waals surface area contributed by atoms with Crippen LogP contribution < -0.4 is 10.5 Å². The molecule has 0 aliphatic carbocycles. The number of hydrogen-bond acceptors (Lipinski definition) is 9. The number of nitrogens with two attached hydrogens (primary N) is 1. The lowest BCUT2D eigenvalue weighted by atomic mass is 10.1. The summed E-state index contributed by atoms with van der Waals surface area (Å²) in [5.41, 5.74) is 4.57. The van der Waals surface area contributed by atoms with Crippen molar-refractivity contribution in [2.24, 2.45) is 0 Å². The van der Waals surface area contributed by atoms with Gasteiger partial charge in [-0.1, -0.05) is 30.3 Å². The van der Waals surface area contributed by atoms with Crippen LogP contribution in [0, 0.1) is 0 Å². The molecule has 16 heteroatoms. The Hall–Kier alpha value is -3.54. The molecule has 0 atom stereocenters. The number of anilines is 2. The third-order valence-corrected chi connectivity index (χ3v) is 10.3. The van der Waals surface area contributed by atoms with Crippen LogP contribution >= 0.6 is 0 Å². The van der Waals surface area contributed by atoms with E-state index in [1.807, 2.05) is 4.72 Å². The van der Waals surface area contributed by atoms with Crippen molar-refractivity contribution in [1.29, 1.82) is 0 Å². The first-order valence-electron chi connectivity index (χ1n) is 10.3. The minimum Gasteiger partial charge on any atom is -0.398 e. The van der Waals surface area contributed by atoms with Crippen molar-refractivity contribution >= 4 is 62.2 Å². The third-order valence-electron chi connectivity index (χ3n) is 5.38. The molecular weight excluding hydrogens is 581 g/mol. The Balaban J connectivity index is 1.75. The molecule has 12 nitrogen and oxygen atoms in total. The van der Waals surface area contributed by atoms with Crippen molar-refractivity contribution in [2.45, 2.75) is 24.5 Å². The molecule has 0 unspecified atom stereocenters. The number of benzene rings is 4. The molecule has 0 aromatic heterocycles. The molecular formula is C22H18N2O10S4. The molecule has 200 valence electrons. The Morgan fingerprint density at radius 3 is 1.76 bits per heavy atom. The van der Waals surface area contributed by atoms with Gasteiger partial charge in [-0.15, -0.1) is 0 Å². The third kappa shape index (κ3) is 5.35. The molecule has 4 rings (SSSR count). The second-order valence-electron chi connectivity index (χ2n) is 7.93. The number of nitrogen functional groups attached to an aromatic ring is 1. The Morgan fingerprint density at radius 2 is 1.16 bits per heavy atom. The molecule has 4 aromatic rings. The lowest BCUT2D eigenvalue weighted by Gasteiger charge is -2.14. The molecule has 38 heavy (non-hydrogen) atoms. The van der Waals surface area contributed by atoms with Gasteiger partial charge in [-0.2, -0.15) is 16.8 Å². The molecule has 0 aliphatic rings. The van der Waals surface area contributed by atoms with E-state index in [0.29, 0.717) is 23.6 Å². The van der Waals surface area contributed by atoms with E-state index in [1.165, 1.54) is 12.1 Å². The predicted molar refractivity (Wildman–Crippen MR) is 137 cm³/mol. The Labute approximate surface area is 218 Å². The van der Waals surface area contributed by atoms with Crippen LogP contribution in [0.5, 0.6) is 0 Å². The first kappa shape index (κ1) is 27.5. The second-order valence-corrected chi connectivity index (χ2v) is 14.3. The smallest absolute Gasteiger partial charge is 0.296 e. The maximum atomic E-state index is 13.2. The van der Waals surface area contributed by atoms with E-state index >= 15 is 0 Å². The summed E-state index contributed by atoms with van der Waals surface area (Å²) >= 11 is 0. The van der Waals surface area contributed by atoms with E-state index < -0.39 is 71.1 Å². The molecule has 0 bridgehead atoms. The number of fused-ring (bicyclic) bond motifs is 1. The van der Waals surface area contributed by atoms with Crippen molar-refractivity contribution in [3.8, 4) is 0 Å². The average Bonchev–Trinajstić information content (AvgIpc) is 2.82. The molecule has 0 saturated carbocycles. The van der Waals surface area contributed by atoms with Gasteiger partial charge in [-0.05, 0) is 59.3 Å². The summed E-state index contributed by atoms with van der Waals surface area (Å²) in [6, 6.07) is 15.8. The predicted octanol–water partition coefficient (Wildman–Crippen LogP) is 2.55. The van der Waals surface area contributed by atoms with Crippen molar-refractivity contribution in [3.63, 3.8) is 0 Å². The van der Waals surface area contributed by atoms with Crippen LogP contribution in [0.4, 0.5) is 11.4 Å². The molecule has 0 heterocycles. The van der Waals surface area contributed by atoms with Gasteiger partial charge >= 0.3 is 0 Å². The van der Waals surface area contributed by atoms with Crippen LogP contribution in [-0.4, -0.2) is 42.8 Å². The van der Waals surface area contributed by atoms with Gasteiger partial charge in [0, 0.05) is 0 Å². The SMILES string of the molecule is Nc1cc(S(=O)(=O)Nc2cc(S(=O)(=O)O)ccc2S(=O)(=O)O)ccc1S(=O)(=O)c1ccc2ccccc2c1. The van der Waals surface area contributed by atoms with Gasteiger partial charge in [0.25, 0.3) is 30.3 Å². The Bertz CT molecular complexity index is 2040. The fourth-order valence-corrected chi connectivity index (χ4v) is 7.28. The van der Waals surface area contributed by atoms with Gasteiger partial charge < -0.3 is 5.73 Å². The first-order chi connectivity index (χ1) is 17.5. The molecule has 0 radical (unpaired) electrons. The molecule has 0 saturated heterocycles. The quantitative estimate of drug-likeness (QED) is 0.179. The first-order valence-corrected chi connectivity index (χ1v) is 16.1. The maximum Gasteiger partial charge on any atom is 0.296 e. The van der Waals surface area contributed by atoms with E-state index in [2.05, 4.69) is 0 Å². The van der Waals surface area contributed by atoms with Crippen molar-refractivity contribution in [1.82, 2.24) is 0 Å². The maximum absolute atomic E-state index is 13.2. The van der Waals surface area contributed by atoms with E-state index in [4.69, 9.17) is 5.73 Å². The van der Waals surface area contributed by atoms with Gasteiger partial charge in [-0.3, -0.25) is 13.8 Å². The highest BCUT2D eigenvalue weighted by Crippen LogP contribution is 2.32. The van der Waals surface area contributed by atoms with Gasteiger partial charge in [-0.25, -0.2) is 16.8 Å². The summed E-state index contributed by atoms with van der Waals surface area (Å²) in [5.74, 6) is 0. The van der Waals surface area contributed by atoms with Crippen LogP contribution in [0.25, 0.3) is 10.8 Å². The number of nitrogens with one attached hydrogen (secondary N) is 1. The lowest BCUT2D eigenvalue weighted by Crippen LogP contribution is -2.17. The summed E-state index contributed by atoms with van der Waals surface area (Å²) in [7, 11) is -18.8. The van der Waals surface area contributed by atoms with Crippen molar-refractivity contribution in [2.75, 3.05) is 10.5 Å². The monoisotopic (exact) mass is 598 g/mol. The summed E-state index contributed by atoms with van der Waals surface area (Å²) in [4.78, 5) is -2.95. The molecule has 0 fully saturated rings. The highest BCUT2D eigenvalue weighted by atomic mass is 32.2. The molecule has 0 spiro atoms. The van der Waals surface area contributed by atoms with Crippen LogP contribution in [-0.2, 0) is 40.1 Å². The summed E-state index contributed by atoms with van der Waals surface area (Å²) in [6.45, 7) is 0. The van der Waals surface area contributed by atoms with Gasteiger partial charge in [0.1, 0.15) is 4.90 Å². The summed E-state index contributed by atoms with van der Waals surface area (Å²) in [6.07, 6.45) is 0. The van der Waals surface area contributed by atoms with Crippen LogP contribution in [0.2, 0.25) is 0 Å². The van der Waals surface area contributed by atoms with Crippen LogP contribution in [0.15, 0.2) is 103 Å². The van der Waals surface area contributed by atoms with Gasteiger partial charge in [0.2, 0.25) is 9.84 Å². The Morgan fingerprint density at radius 1 is 0.579 bits per heavy atom. The topological polar surface area (TPSA) is 215 Å². The highest BCUT2D eigenvalue weighted by Gasteiger charge is 2.26. The van der Waals surface area contributed by atoms with E-state index in [-0.39, 0.29) is 4.90 Å². The Kier molecular flexibility index (Phi) is 6.75. The van der Waals surface area contributed by atoms with E-state index in [9.17, 15) is 42.8 Å². The lowest BCUT2D eigenvalue weighted by molar-refractivity contribution is 0.479. The summed E-state index contributed by atoms with van der Waals surface area (Å²) < 4.78 is 119. The van der Waals surface area contributed by atoms with Crippen LogP contribution in [0.3, 0.4) is 0 Å². The molecule has 5 N–H and O–H groups in total. The van der Waals surface area contributed by atoms with Crippen molar-refractivity contribution in [3.05, 3.63) is 78.9 Å². The average molecular weight is 599 g/mol. The number of sulfone groups is 1. The number of hydrogen-bond donors (Lipinski definition) is 4. The molecule has 0 aliphatic heterocycles. The van der Waals surface area contributed by atoms with Gasteiger partial charge in [0.15, 0.2) is 0 Å². The molecule has 0 amide bonds. The minimum atomic E-state index is -5.04. The second kappa shape index (κ2) is 9.33. The number of sulfonamides is 1. The van der Waals surface area contributed by atoms with E-state index in [1.54, 1.807) is 30.3 Å². The van der Waals surface area contributed by atoms with Gasteiger partial charge in [0.05, 0.1) is 31.0 Å². The van der Waals surface area contributed by atoms with Crippen molar-refractivity contribution < 1.29 is 42.8 Å². The van der Waals surface area contributed by atoms with Crippen LogP contribution in [0.1, 0.15) is 0 Å². The van der Waals surface area contributed by atoms with E-state index in [0.717, 1.165) is 23.6 Å². The summed E-state index contributed by atoms with van der Waals surface area (Å²) in [5, 5.41) is 1.45. The zero-order valence-electron chi connectivity index (χ0n) is 18.9. The minimum absolute atomic E-state index is 0.0866. The molecule has 4 aromatic carbocycles. The fraction of sp³-hybridized carbons (Fsp3) is 0. The fourth-order valence-electron chi connectivity index (χ4n) is 3.58. The number of rotatable bonds is 7. The largest absolute Gasteiger partial charge is 0.398 e. The zero-order valence-corrected chi connectivity index (χ0v) is 22.1. The highest BCUT2D eigenvalue weighted by molar-refractivity contribution is 7.93.